The largest absolute Gasteiger partial charge is 0.398 e. The first kappa shape index (κ1) is 16.8. The second-order valence-electron chi connectivity index (χ2n) is 6.17. The molecule has 3 rings (SSSR count). The van der Waals surface area contributed by atoms with Gasteiger partial charge in [-0.2, -0.15) is 0 Å². The van der Waals surface area contributed by atoms with Gasteiger partial charge in [0.1, 0.15) is 0 Å². The number of benzene rings is 2. The van der Waals surface area contributed by atoms with Crippen LogP contribution in [0.15, 0.2) is 48.5 Å². The number of amides is 3. The number of urea groups is 1. The van der Waals surface area contributed by atoms with Crippen molar-refractivity contribution in [2.24, 2.45) is 0 Å². The summed E-state index contributed by atoms with van der Waals surface area (Å²) >= 11 is 0. The topological polar surface area (TPSA) is 78.7 Å². The van der Waals surface area contributed by atoms with Gasteiger partial charge < -0.3 is 20.9 Å². The molecular weight excluding hydrogens is 316 g/mol. The van der Waals surface area contributed by atoms with E-state index in [4.69, 9.17) is 5.73 Å². The van der Waals surface area contributed by atoms with Crippen LogP contribution in [0.5, 0.6) is 0 Å². The number of hydrogen-bond acceptors (Lipinski definition) is 3. The van der Waals surface area contributed by atoms with Gasteiger partial charge in [-0.3, -0.25) is 4.79 Å². The molecule has 1 fully saturated rings. The summed E-state index contributed by atoms with van der Waals surface area (Å²) in [6.45, 7) is 3.96. The van der Waals surface area contributed by atoms with E-state index in [9.17, 15) is 9.59 Å². The maximum absolute atomic E-state index is 12.6. The molecule has 3 amide bonds. The number of carbonyl (C=O) groups excluding carboxylic acids is 2. The summed E-state index contributed by atoms with van der Waals surface area (Å²) in [7, 11) is 0. The van der Waals surface area contributed by atoms with Crippen LogP contribution in [0, 0.1) is 6.92 Å². The zero-order chi connectivity index (χ0) is 17.8. The third kappa shape index (κ3) is 3.91. The molecule has 0 bridgehead atoms. The summed E-state index contributed by atoms with van der Waals surface area (Å²) < 4.78 is 0. The first-order valence-electron chi connectivity index (χ1n) is 8.31. The average molecular weight is 338 g/mol. The number of piperazine rings is 1. The Morgan fingerprint density at radius 3 is 2.32 bits per heavy atom. The summed E-state index contributed by atoms with van der Waals surface area (Å²) in [5, 5.41) is 2.90. The molecule has 0 unspecified atom stereocenters. The number of anilines is 2. The number of aryl methyl sites for hydroxylation is 1. The molecule has 0 aliphatic carbocycles. The molecule has 130 valence electrons. The minimum Gasteiger partial charge on any atom is -0.398 e. The number of nitrogens with two attached hydrogens (primary N) is 1. The van der Waals surface area contributed by atoms with Gasteiger partial charge >= 0.3 is 6.03 Å². The molecule has 1 heterocycles. The Hall–Kier alpha value is -3.02. The number of rotatable bonds is 2. The van der Waals surface area contributed by atoms with E-state index in [1.54, 1.807) is 34.1 Å². The van der Waals surface area contributed by atoms with Crippen LogP contribution in [0.2, 0.25) is 0 Å². The van der Waals surface area contributed by atoms with Crippen molar-refractivity contribution in [3.8, 4) is 0 Å². The van der Waals surface area contributed by atoms with Crippen molar-refractivity contribution in [2.75, 3.05) is 37.2 Å². The third-order valence-corrected chi connectivity index (χ3v) is 4.31. The molecule has 0 saturated carbocycles. The minimum absolute atomic E-state index is 0.0863. The Morgan fingerprint density at radius 2 is 1.64 bits per heavy atom. The van der Waals surface area contributed by atoms with E-state index in [1.165, 1.54) is 0 Å². The smallest absolute Gasteiger partial charge is 0.321 e. The molecule has 1 aliphatic rings. The van der Waals surface area contributed by atoms with Crippen molar-refractivity contribution in [2.45, 2.75) is 6.92 Å². The van der Waals surface area contributed by atoms with Gasteiger partial charge in [0.05, 0.1) is 5.56 Å². The lowest BCUT2D eigenvalue weighted by molar-refractivity contribution is 0.0672. The highest BCUT2D eigenvalue weighted by Crippen LogP contribution is 2.16. The molecule has 0 atom stereocenters. The predicted octanol–water partition coefficient (Wildman–Crippen LogP) is 2.57. The van der Waals surface area contributed by atoms with Gasteiger partial charge in [-0.1, -0.05) is 24.3 Å². The number of nitrogens with zero attached hydrogens (tertiary/aromatic N) is 2. The lowest BCUT2D eigenvalue weighted by atomic mass is 10.1. The van der Waals surface area contributed by atoms with E-state index < -0.39 is 0 Å². The van der Waals surface area contributed by atoms with E-state index in [2.05, 4.69) is 5.32 Å². The molecule has 25 heavy (non-hydrogen) atoms. The van der Waals surface area contributed by atoms with Crippen LogP contribution in [0.1, 0.15) is 15.9 Å². The molecule has 2 aromatic rings. The van der Waals surface area contributed by atoms with Crippen LogP contribution in [0.4, 0.5) is 16.2 Å². The second kappa shape index (κ2) is 7.25. The fourth-order valence-corrected chi connectivity index (χ4v) is 2.90. The quantitative estimate of drug-likeness (QED) is 0.826. The Labute approximate surface area is 147 Å². The van der Waals surface area contributed by atoms with Crippen LogP contribution >= 0.6 is 0 Å². The van der Waals surface area contributed by atoms with E-state index in [0.717, 1.165) is 11.3 Å². The molecular formula is C19H22N4O2. The predicted molar refractivity (Wildman–Crippen MR) is 98.5 cm³/mol. The Morgan fingerprint density at radius 1 is 0.960 bits per heavy atom. The summed E-state index contributed by atoms with van der Waals surface area (Å²) in [6, 6.07) is 14.6. The van der Waals surface area contributed by atoms with Crippen LogP contribution < -0.4 is 11.1 Å². The van der Waals surface area contributed by atoms with Gasteiger partial charge in [0.25, 0.3) is 5.91 Å². The maximum atomic E-state index is 12.6. The second-order valence-corrected chi connectivity index (χ2v) is 6.17. The van der Waals surface area contributed by atoms with Crippen molar-refractivity contribution < 1.29 is 9.59 Å². The zero-order valence-corrected chi connectivity index (χ0v) is 14.2. The highest BCUT2D eigenvalue weighted by atomic mass is 16.2. The normalized spacial score (nSPS) is 14.3. The molecule has 1 aliphatic heterocycles. The van der Waals surface area contributed by atoms with Crippen molar-refractivity contribution in [1.82, 2.24) is 9.80 Å². The third-order valence-electron chi connectivity index (χ3n) is 4.31. The lowest BCUT2D eigenvalue weighted by Gasteiger charge is -2.35. The van der Waals surface area contributed by atoms with Crippen molar-refractivity contribution in [1.29, 1.82) is 0 Å². The molecule has 6 heteroatoms. The molecule has 3 N–H and O–H groups in total. The van der Waals surface area contributed by atoms with Gasteiger partial charge in [0.15, 0.2) is 0 Å². The van der Waals surface area contributed by atoms with Crippen LogP contribution in [0.3, 0.4) is 0 Å². The lowest BCUT2D eigenvalue weighted by Crippen LogP contribution is -2.51. The van der Waals surface area contributed by atoms with E-state index in [1.807, 2.05) is 31.2 Å². The standard InChI is InChI=1S/C19H22N4O2/c1-14-5-4-6-15(13-14)21-19(25)23-11-9-22(10-12-23)18(24)16-7-2-3-8-17(16)20/h2-8,13H,9-12,20H2,1H3,(H,21,25). The molecule has 0 aromatic heterocycles. The number of nitrogens with one attached hydrogen (secondary N) is 1. The van der Waals surface area contributed by atoms with Gasteiger partial charge in [-0.05, 0) is 36.8 Å². The van der Waals surface area contributed by atoms with E-state index in [-0.39, 0.29) is 11.9 Å². The number of nitrogen functional groups attached to an aromatic ring is 1. The van der Waals surface area contributed by atoms with Gasteiger partial charge in [0, 0.05) is 37.6 Å². The van der Waals surface area contributed by atoms with Gasteiger partial charge in [0.2, 0.25) is 0 Å². The van der Waals surface area contributed by atoms with Crippen molar-refractivity contribution >= 4 is 23.3 Å². The number of hydrogen-bond donors (Lipinski definition) is 2. The van der Waals surface area contributed by atoms with Crippen LogP contribution in [-0.4, -0.2) is 47.9 Å². The summed E-state index contributed by atoms with van der Waals surface area (Å²) in [5.74, 6) is -0.0863. The Balaban J connectivity index is 1.57. The minimum atomic E-state index is -0.142. The highest BCUT2D eigenvalue weighted by Gasteiger charge is 2.25. The molecule has 6 nitrogen and oxygen atoms in total. The Kier molecular flexibility index (Phi) is 4.88. The van der Waals surface area contributed by atoms with Gasteiger partial charge in [-0.25, -0.2) is 4.79 Å². The molecule has 2 aromatic carbocycles. The SMILES string of the molecule is Cc1cccc(NC(=O)N2CCN(C(=O)c3ccccc3N)CC2)c1. The maximum Gasteiger partial charge on any atom is 0.321 e. The average Bonchev–Trinajstić information content (AvgIpc) is 2.62. The fourth-order valence-electron chi connectivity index (χ4n) is 2.90. The summed E-state index contributed by atoms with van der Waals surface area (Å²) in [4.78, 5) is 28.4. The fraction of sp³-hybridized carbons (Fsp3) is 0.263. The van der Waals surface area contributed by atoms with Crippen LogP contribution in [0.25, 0.3) is 0 Å². The summed E-state index contributed by atoms with van der Waals surface area (Å²) in [5.41, 5.74) is 8.74. The number of carbonyl (C=O) groups is 2. The van der Waals surface area contributed by atoms with E-state index in [0.29, 0.717) is 37.4 Å². The number of para-hydroxylation sites is 1. The summed E-state index contributed by atoms with van der Waals surface area (Å²) in [6.07, 6.45) is 0. The molecule has 0 spiro atoms. The van der Waals surface area contributed by atoms with E-state index >= 15 is 0 Å². The van der Waals surface area contributed by atoms with Crippen LogP contribution in [-0.2, 0) is 0 Å². The first-order chi connectivity index (χ1) is 12.0. The molecule has 1 saturated heterocycles. The van der Waals surface area contributed by atoms with Crippen molar-refractivity contribution in [3.63, 3.8) is 0 Å². The zero-order valence-electron chi connectivity index (χ0n) is 14.2. The monoisotopic (exact) mass is 338 g/mol. The Bertz CT molecular complexity index is 782. The van der Waals surface area contributed by atoms with Crippen molar-refractivity contribution in [3.05, 3.63) is 59.7 Å². The van der Waals surface area contributed by atoms with Gasteiger partial charge in [-0.15, -0.1) is 0 Å². The molecule has 0 radical (unpaired) electrons. The highest BCUT2D eigenvalue weighted by molar-refractivity contribution is 5.99. The first-order valence-corrected chi connectivity index (χ1v) is 8.31.